The van der Waals surface area contributed by atoms with E-state index in [1.165, 1.54) is 6.07 Å². The monoisotopic (exact) mass is 187 g/mol. The summed E-state index contributed by atoms with van der Waals surface area (Å²) in [6.07, 6.45) is 0. The zero-order valence-corrected chi connectivity index (χ0v) is 7.31. The third-order valence-electron chi connectivity index (χ3n) is 1.86. The van der Waals surface area contributed by atoms with Gasteiger partial charge < -0.3 is 0 Å². The van der Waals surface area contributed by atoms with Crippen molar-refractivity contribution in [2.75, 3.05) is 0 Å². The molecule has 4 heteroatoms. The minimum atomic E-state index is -0.790. The van der Waals surface area contributed by atoms with Crippen molar-refractivity contribution in [2.24, 2.45) is 5.90 Å². The van der Waals surface area contributed by atoms with Gasteiger partial charge in [0.1, 0.15) is 12.5 Å². The van der Waals surface area contributed by atoms with Gasteiger partial charge in [-0.05, 0) is 24.1 Å². The van der Waals surface area contributed by atoms with Gasteiger partial charge in [0, 0.05) is 5.56 Å². The molecule has 0 atom stereocenters. The van der Waals surface area contributed by atoms with Crippen LogP contribution < -0.4 is 5.90 Å². The summed E-state index contributed by atoms with van der Waals surface area (Å²) in [6, 6.07) is 2.89. The van der Waals surface area contributed by atoms with Gasteiger partial charge >= 0.3 is 0 Å². The zero-order chi connectivity index (χ0) is 9.84. The van der Waals surface area contributed by atoms with Crippen LogP contribution in [0.3, 0.4) is 0 Å². The molecule has 0 spiro atoms. The Hall–Kier alpha value is -1.00. The second kappa shape index (κ2) is 4.30. The lowest BCUT2D eigenvalue weighted by Crippen LogP contribution is -2.01. The van der Waals surface area contributed by atoms with Gasteiger partial charge in [-0.2, -0.15) is 0 Å². The maximum atomic E-state index is 13.1. The number of aryl methyl sites for hydroxylation is 1. The lowest BCUT2D eigenvalue weighted by Gasteiger charge is -2.06. The lowest BCUT2D eigenvalue weighted by atomic mass is 10.1. The Morgan fingerprint density at radius 2 is 2.15 bits per heavy atom. The molecule has 0 unspecified atom stereocenters. The summed E-state index contributed by atoms with van der Waals surface area (Å²) in [5, 5.41) is 0. The van der Waals surface area contributed by atoms with Gasteiger partial charge in [-0.1, -0.05) is 6.07 Å². The maximum Gasteiger partial charge on any atom is 0.129 e. The predicted molar refractivity (Wildman–Crippen MR) is 44.9 cm³/mol. The molecule has 1 rings (SSSR count). The Kier molecular flexibility index (Phi) is 3.33. The molecular weight excluding hydrogens is 176 g/mol. The number of hydrogen-bond acceptors (Lipinski definition) is 2. The van der Waals surface area contributed by atoms with Crippen LogP contribution in [-0.4, -0.2) is 0 Å². The van der Waals surface area contributed by atoms with Crippen LogP contribution in [0.25, 0.3) is 0 Å². The first kappa shape index (κ1) is 10.1. The number of halogens is 2. The van der Waals surface area contributed by atoms with E-state index < -0.39 is 12.5 Å². The topological polar surface area (TPSA) is 35.2 Å². The average molecular weight is 187 g/mol. The van der Waals surface area contributed by atoms with Crippen molar-refractivity contribution in [3.05, 3.63) is 34.6 Å². The van der Waals surface area contributed by atoms with Crippen molar-refractivity contribution in [3.63, 3.8) is 0 Å². The minimum Gasteiger partial charge on any atom is -0.300 e. The summed E-state index contributed by atoms with van der Waals surface area (Å²) >= 11 is 0. The van der Waals surface area contributed by atoms with Gasteiger partial charge in [0.25, 0.3) is 0 Å². The van der Waals surface area contributed by atoms with Gasteiger partial charge in [0.05, 0.1) is 6.61 Å². The molecule has 0 heterocycles. The van der Waals surface area contributed by atoms with Crippen LogP contribution in [-0.2, 0) is 18.1 Å². The molecule has 13 heavy (non-hydrogen) atoms. The quantitative estimate of drug-likeness (QED) is 0.734. The number of rotatable bonds is 3. The first-order valence-corrected chi connectivity index (χ1v) is 3.84. The average Bonchev–Trinajstić information content (AvgIpc) is 2.04. The van der Waals surface area contributed by atoms with Crippen LogP contribution in [0.5, 0.6) is 0 Å². The van der Waals surface area contributed by atoms with Gasteiger partial charge in [0.2, 0.25) is 0 Å². The molecule has 0 aliphatic rings. The van der Waals surface area contributed by atoms with E-state index in [0.717, 1.165) is 0 Å². The summed E-state index contributed by atoms with van der Waals surface area (Å²) in [7, 11) is 0. The molecule has 0 saturated heterocycles. The minimum absolute atomic E-state index is 0.0979. The number of nitrogens with two attached hydrogens (primary N) is 1. The predicted octanol–water partition coefficient (Wildman–Crippen LogP) is 1.99. The van der Waals surface area contributed by atoms with Crippen molar-refractivity contribution in [1.82, 2.24) is 0 Å². The zero-order valence-electron chi connectivity index (χ0n) is 7.31. The highest BCUT2D eigenvalue weighted by molar-refractivity contribution is 5.31. The number of alkyl halides is 1. The summed E-state index contributed by atoms with van der Waals surface area (Å²) in [5.74, 6) is 4.29. The van der Waals surface area contributed by atoms with E-state index in [-0.39, 0.29) is 12.2 Å². The molecule has 1 aromatic carbocycles. The number of hydrogen-bond donors (Lipinski definition) is 1. The van der Waals surface area contributed by atoms with Gasteiger partial charge in [-0.15, -0.1) is 0 Å². The standard InChI is InChI=1S/C9H11F2NO/c1-6-2-7(5-13-12)3-9(11)8(6)4-10/h2-3H,4-5,12H2,1H3. The van der Waals surface area contributed by atoms with E-state index in [1.54, 1.807) is 13.0 Å². The highest BCUT2D eigenvalue weighted by Gasteiger charge is 2.07. The molecule has 0 amide bonds. The van der Waals surface area contributed by atoms with Crippen molar-refractivity contribution in [3.8, 4) is 0 Å². The van der Waals surface area contributed by atoms with Crippen molar-refractivity contribution >= 4 is 0 Å². The van der Waals surface area contributed by atoms with E-state index in [4.69, 9.17) is 5.90 Å². The maximum absolute atomic E-state index is 13.1. The number of benzene rings is 1. The van der Waals surface area contributed by atoms with Crippen LogP contribution in [0, 0.1) is 12.7 Å². The molecule has 0 aliphatic carbocycles. The molecule has 72 valence electrons. The third kappa shape index (κ3) is 2.23. The SMILES string of the molecule is Cc1cc(CON)cc(F)c1CF. The highest BCUT2D eigenvalue weighted by Crippen LogP contribution is 2.17. The summed E-state index contributed by atoms with van der Waals surface area (Å²) < 4.78 is 25.4. The van der Waals surface area contributed by atoms with Gasteiger partial charge in [-0.25, -0.2) is 14.7 Å². The smallest absolute Gasteiger partial charge is 0.129 e. The Morgan fingerprint density at radius 3 is 2.62 bits per heavy atom. The van der Waals surface area contributed by atoms with Crippen LogP contribution in [0.15, 0.2) is 12.1 Å². The third-order valence-corrected chi connectivity index (χ3v) is 1.86. The van der Waals surface area contributed by atoms with E-state index in [9.17, 15) is 8.78 Å². The second-order valence-corrected chi connectivity index (χ2v) is 2.82. The van der Waals surface area contributed by atoms with Crippen molar-refractivity contribution < 1.29 is 13.6 Å². The first-order valence-electron chi connectivity index (χ1n) is 3.84. The van der Waals surface area contributed by atoms with Crippen LogP contribution in [0.2, 0.25) is 0 Å². The van der Waals surface area contributed by atoms with Crippen molar-refractivity contribution in [2.45, 2.75) is 20.2 Å². The Balaban J connectivity index is 3.05. The highest BCUT2D eigenvalue weighted by atomic mass is 19.1. The van der Waals surface area contributed by atoms with Gasteiger partial charge in [-0.3, -0.25) is 4.84 Å². The molecule has 0 fully saturated rings. The molecule has 2 N–H and O–H groups in total. The molecule has 0 saturated carbocycles. The molecule has 0 bridgehead atoms. The van der Waals surface area contributed by atoms with Crippen molar-refractivity contribution in [1.29, 1.82) is 0 Å². The Labute approximate surface area is 75.3 Å². The summed E-state index contributed by atoms with van der Waals surface area (Å²) in [4.78, 5) is 4.35. The first-order chi connectivity index (χ1) is 6.19. The lowest BCUT2D eigenvalue weighted by molar-refractivity contribution is 0.124. The molecule has 0 radical (unpaired) electrons. The fourth-order valence-electron chi connectivity index (χ4n) is 1.19. The van der Waals surface area contributed by atoms with E-state index in [1.807, 2.05) is 0 Å². The summed E-state index contributed by atoms with van der Waals surface area (Å²) in [5.41, 5.74) is 1.28. The van der Waals surface area contributed by atoms with E-state index in [2.05, 4.69) is 4.84 Å². The van der Waals surface area contributed by atoms with Gasteiger partial charge in [0.15, 0.2) is 0 Å². The van der Waals surface area contributed by atoms with Crippen LogP contribution in [0.4, 0.5) is 8.78 Å². The summed E-state index contributed by atoms with van der Waals surface area (Å²) in [6.45, 7) is 0.990. The molecule has 0 aliphatic heterocycles. The fourth-order valence-corrected chi connectivity index (χ4v) is 1.19. The largest absolute Gasteiger partial charge is 0.300 e. The van der Waals surface area contributed by atoms with E-state index in [0.29, 0.717) is 11.1 Å². The molecule has 1 aromatic rings. The van der Waals surface area contributed by atoms with Crippen LogP contribution >= 0.6 is 0 Å². The Morgan fingerprint density at radius 1 is 1.46 bits per heavy atom. The molecular formula is C9H11F2NO. The molecule has 0 aromatic heterocycles. The fraction of sp³-hybridized carbons (Fsp3) is 0.333. The second-order valence-electron chi connectivity index (χ2n) is 2.82. The van der Waals surface area contributed by atoms with Crippen LogP contribution in [0.1, 0.15) is 16.7 Å². The molecule has 2 nitrogen and oxygen atoms in total. The normalized spacial score (nSPS) is 10.5. The Bertz CT molecular complexity index is 279. The van der Waals surface area contributed by atoms with E-state index >= 15 is 0 Å².